The summed E-state index contributed by atoms with van der Waals surface area (Å²) in [6.07, 6.45) is 0.196. The van der Waals surface area contributed by atoms with Gasteiger partial charge < -0.3 is 18.2 Å². The van der Waals surface area contributed by atoms with Gasteiger partial charge in [-0.25, -0.2) is 0 Å². The summed E-state index contributed by atoms with van der Waals surface area (Å²) >= 11 is 1.89. The van der Waals surface area contributed by atoms with Crippen LogP contribution in [0.4, 0.5) is 0 Å². The van der Waals surface area contributed by atoms with E-state index in [1.54, 1.807) is 7.11 Å². The monoisotopic (exact) mass is 292 g/mol. The van der Waals surface area contributed by atoms with E-state index in [0.717, 1.165) is 44.3 Å². The van der Waals surface area contributed by atoms with E-state index < -0.39 is 8.97 Å². The van der Waals surface area contributed by atoms with Gasteiger partial charge in [0.25, 0.3) is 0 Å². The van der Waals surface area contributed by atoms with Crippen LogP contribution in [0.25, 0.3) is 0 Å². The van der Waals surface area contributed by atoms with E-state index in [2.05, 4.69) is 23.4 Å². The third-order valence-electron chi connectivity index (χ3n) is 3.36. The lowest BCUT2D eigenvalue weighted by Crippen LogP contribution is -2.66. The first-order chi connectivity index (χ1) is 8.66. The fraction of sp³-hybridized carbons (Fsp3) is 1.00. The summed E-state index contributed by atoms with van der Waals surface area (Å²) in [5, 5.41) is 0. The van der Waals surface area contributed by atoms with Crippen LogP contribution in [0.1, 0.15) is 6.92 Å². The molecule has 0 amide bonds. The van der Waals surface area contributed by atoms with Gasteiger partial charge in [0.1, 0.15) is 0 Å². The lowest BCUT2D eigenvalue weighted by Gasteiger charge is -2.43. The molecule has 2 unspecified atom stereocenters. The molecule has 2 aliphatic heterocycles. The lowest BCUT2D eigenvalue weighted by atomic mass is 10.4. The zero-order valence-electron chi connectivity index (χ0n) is 11.6. The molecule has 2 heterocycles. The molecule has 2 aliphatic rings. The van der Waals surface area contributed by atoms with Crippen molar-refractivity contribution in [1.29, 1.82) is 0 Å². The Morgan fingerprint density at radius 3 is 2.67 bits per heavy atom. The minimum Gasteiger partial charge on any atom is -0.364 e. The van der Waals surface area contributed by atoms with Crippen LogP contribution in [0.5, 0.6) is 0 Å². The SMILES string of the molecule is CO[Si]1(N2CCN(C)CC2)OCCSCC(C)O1. The molecule has 0 bridgehead atoms. The second-order valence-corrected chi connectivity index (χ2v) is 8.63. The van der Waals surface area contributed by atoms with Gasteiger partial charge in [0.2, 0.25) is 0 Å². The van der Waals surface area contributed by atoms with Crippen LogP contribution in [0.2, 0.25) is 0 Å². The molecule has 0 radical (unpaired) electrons. The van der Waals surface area contributed by atoms with E-state index in [4.69, 9.17) is 13.3 Å². The van der Waals surface area contributed by atoms with E-state index in [-0.39, 0.29) is 6.10 Å². The fourth-order valence-electron chi connectivity index (χ4n) is 2.28. The van der Waals surface area contributed by atoms with Gasteiger partial charge in [-0.1, -0.05) is 0 Å². The topological polar surface area (TPSA) is 34.2 Å². The number of rotatable bonds is 2. The molecular weight excluding hydrogens is 268 g/mol. The molecule has 0 N–H and O–H groups in total. The van der Waals surface area contributed by atoms with Crippen molar-refractivity contribution in [3.05, 3.63) is 0 Å². The van der Waals surface area contributed by atoms with E-state index in [1.807, 2.05) is 11.8 Å². The van der Waals surface area contributed by atoms with Gasteiger partial charge in [-0.05, 0) is 14.0 Å². The van der Waals surface area contributed by atoms with Crippen molar-refractivity contribution >= 4 is 20.7 Å². The third kappa shape index (κ3) is 3.47. The Labute approximate surface area is 115 Å². The Morgan fingerprint density at radius 2 is 2.00 bits per heavy atom. The van der Waals surface area contributed by atoms with Gasteiger partial charge >= 0.3 is 8.97 Å². The molecule has 2 saturated heterocycles. The van der Waals surface area contributed by atoms with Crippen molar-refractivity contribution in [2.75, 3.05) is 58.4 Å². The first kappa shape index (κ1) is 14.8. The summed E-state index contributed by atoms with van der Waals surface area (Å²) in [5.74, 6) is 2.05. The lowest BCUT2D eigenvalue weighted by molar-refractivity contribution is -0.00441. The van der Waals surface area contributed by atoms with Crippen LogP contribution in [-0.4, -0.2) is 83.0 Å². The highest BCUT2D eigenvalue weighted by Gasteiger charge is 2.50. The molecule has 0 aromatic heterocycles. The Morgan fingerprint density at radius 1 is 1.28 bits per heavy atom. The highest BCUT2D eigenvalue weighted by atomic mass is 32.2. The molecule has 2 atom stereocenters. The summed E-state index contributed by atoms with van der Waals surface area (Å²) in [6, 6.07) is 0. The first-order valence-electron chi connectivity index (χ1n) is 6.54. The average Bonchev–Trinajstić information content (AvgIpc) is 2.35. The molecule has 18 heavy (non-hydrogen) atoms. The van der Waals surface area contributed by atoms with Gasteiger partial charge in [0.15, 0.2) is 0 Å². The quantitative estimate of drug-likeness (QED) is 0.689. The van der Waals surface area contributed by atoms with Gasteiger partial charge in [-0.15, -0.1) is 0 Å². The molecule has 106 valence electrons. The molecule has 7 heteroatoms. The molecule has 0 aromatic carbocycles. The summed E-state index contributed by atoms with van der Waals surface area (Å²) in [5.41, 5.74) is 0. The molecule has 0 spiro atoms. The minimum absolute atomic E-state index is 0.196. The fourth-order valence-corrected chi connectivity index (χ4v) is 5.89. The molecule has 5 nitrogen and oxygen atoms in total. The normalized spacial score (nSPS) is 37.2. The summed E-state index contributed by atoms with van der Waals surface area (Å²) in [6.45, 7) is 6.87. The second kappa shape index (κ2) is 6.69. The Bertz CT molecular complexity index is 267. The van der Waals surface area contributed by atoms with Crippen LogP contribution < -0.4 is 0 Å². The Balaban J connectivity index is 2.06. The summed E-state index contributed by atoms with van der Waals surface area (Å²) in [4.78, 5) is 2.33. The van der Waals surface area contributed by atoms with Gasteiger partial charge in [0.05, 0.1) is 6.10 Å². The minimum atomic E-state index is -2.64. The number of hydrogen-bond donors (Lipinski definition) is 0. The van der Waals surface area contributed by atoms with Crippen molar-refractivity contribution in [2.45, 2.75) is 13.0 Å². The predicted octanol–water partition coefficient (Wildman–Crippen LogP) is 0.484. The molecular formula is C11H24N2O3SSi. The molecule has 0 aliphatic carbocycles. The summed E-state index contributed by atoms with van der Waals surface area (Å²) in [7, 11) is 1.24. The smallest absolute Gasteiger partial charge is 0.364 e. The van der Waals surface area contributed by atoms with Crippen molar-refractivity contribution < 1.29 is 13.3 Å². The number of likely N-dealkylation sites (N-methyl/N-ethyl adjacent to an activating group) is 1. The van der Waals surface area contributed by atoms with E-state index >= 15 is 0 Å². The second-order valence-electron chi connectivity index (χ2n) is 4.87. The maximum atomic E-state index is 6.18. The number of nitrogens with zero attached hydrogens (tertiary/aromatic N) is 2. The highest BCUT2D eigenvalue weighted by molar-refractivity contribution is 7.99. The summed E-state index contributed by atoms with van der Waals surface area (Å²) < 4.78 is 20.3. The van der Waals surface area contributed by atoms with Crippen molar-refractivity contribution in [2.24, 2.45) is 0 Å². The van der Waals surface area contributed by atoms with Crippen LogP contribution in [-0.2, 0) is 13.3 Å². The molecule has 0 aromatic rings. The van der Waals surface area contributed by atoms with Crippen LogP contribution in [0.15, 0.2) is 0 Å². The average molecular weight is 292 g/mol. The van der Waals surface area contributed by atoms with Crippen LogP contribution in [0, 0.1) is 0 Å². The zero-order chi connectivity index (χ0) is 13.0. The van der Waals surface area contributed by atoms with Crippen LogP contribution in [0.3, 0.4) is 0 Å². The van der Waals surface area contributed by atoms with Crippen molar-refractivity contribution in [3.8, 4) is 0 Å². The third-order valence-corrected chi connectivity index (χ3v) is 7.53. The van der Waals surface area contributed by atoms with Gasteiger partial charge in [0, 0.05) is 51.4 Å². The van der Waals surface area contributed by atoms with Crippen molar-refractivity contribution in [3.63, 3.8) is 0 Å². The highest BCUT2D eigenvalue weighted by Crippen LogP contribution is 2.23. The number of piperazine rings is 1. The maximum absolute atomic E-state index is 6.18. The van der Waals surface area contributed by atoms with E-state index in [9.17, 15) is 0 Å². The zero-order valence-corrected chi connectivity index (χ0v) is 13.4. The largest absolute Gasteiger partial charge is 0.599 e. The van der Waals surface area contributed by atoms with E-state index in [1.165, 1.54) is 0 Å². The number of thioether (sulfide) groups is 1. The van der Waals surface area contributed by atoms with Crippen molar-refractivity contribution in [1.82, 2.24) is 9.47 Å². The van der Waals surface area contributed by atoms with E-state index in [0.29, 0.717) is 0 Å². The predicted molar refractivity (Wildman–Crippen MR) is 75.7 cm³/mol. The molecule has 2 rings (SSSR count). The van der Waals surface area contributed by atoms with Gasteiger partial charge in [-0.3, -0.25) is 4.57 Å². The molecule has 2 fully saturated rings. The molecule has 0 saturated carbocycles. The Hall–Kier alpha value is 0.367. The standard InChI is InChI=1S/C11H24N2O3SSi/c1-11-10-17-9-8-15-18(14-3,16-11)13-6-4-12(2)5-7-13/h11H,4-10H2,1-3H3. The van der Waals surface area contributed by atoms with Crippen LogP contribution >= 0.6 is 11.8 Å². The maximum Gasteiger partial charge on any atom is 0.599 e. The Kier molecular flexibility index (Phi) is 5.49. The van der Waals surface area contributed by atoms with Gasteiger partial charge in [-0.2, -0.15) is 11.8 Å². The number of hydrogen-bond acceptors (Lipinski definition) is 6. The first-order valence-corrected chi connectivity index (χ1v) is 9.37.